The van der Waals surface area contributed by atoms with Gasteiger partial charge in [-0.2, -0.15) is 0 Å². The average Bonchev–Trinajstić information content (AvgIpc) is 2.21. The molecule has 0 radical (unpaired) electrons. The number of hydrogen-bond donors (Lipinski definition) is 2. The van der Waals surface area contributed by atoms with Crippen LogP contribution < -0.4 is 5.32 Å². The highest BCUT2D eigenvalue weighted by molar-refractivity contribution is 9.10. The number of nitrogens with one attached hydrogen (secondary N) is 1. The molecule has 0 spiro atoms. The van der Waals surface area contributed by atoms with Crippen LogP contribution in [0.5, 0.6) is 0 Å². The average molecular weight is 290 g/mol. The van der Waals surface area contributed by atoms with Crippen LogP contribution in [-0.2, 0) is 0 Å². The largest absolute Gasteiger partial charge is 0.393 e. The highest BCUT2D eigenvalue weighted by Crippen LogP contribution is 2.20. The molecule has 0 aliphatic heterocycles. The van der Waals surface area contributed by atoms with Crippen LogP contribution >= 0.6 is 15.9 Å². The van der Waals surface area contributed by atoms with Crippen LogP contribution in [0.2, 0.25) is 0 Å². The van der Waals surface area contributed by atoms with Gasteiger partial charge in [-0.1, -0.05) is 6.07 Å². The summed E-state index contributed by atoms with van der Waals surface area (Å²) in [5.41, 5.74) is 0.909. The van der Waals surface area contributed by atoms with E-state index in [0.29, 0.717) is 10.9 Å². The van der Waals surface area contributed by atoms with Crippen molar-refractivity contribution in [3.63, 3.8) is 0 Å². The van der Waals surface area contributed by atoms with E-state index in [-0.39, 0.29) is 18.0 Å². The van der Waals surface area contributed by atoms with Crippen molar-refractivity contribution in [1.29, 1.82) is 0 Å². The van der Waals surface area contributed by atoms with Gasteiger partial charge in [-0.15, -0.1) is 0 Å². The zero-order valence-electron chi connectivity index (χ0n) is 9.50. The van der Waals surface area contributed by atoms with Gasteiger partial charge < -0.3 is 10.4 Å². The fraction of sp³-hybridized carbons (Fsp3) is 0.500. The number of hydrogen-bond acceptors (Lipinski definition) is 2. The van der Waals surface area contributed by atoms with Crippen LogP contribution in [-0.4, -0.2) is 17.8 Å². The van der Waals surface area contributed by atoms with Gasteiger partial charge >= 0.3 is 0 Å². The summed E-state index contributed by atoms with van der Waals surface area (Å²) in [6.07, 6.45) is 0.393. The van der Waals surface area contributed by atoms with Crippen LogP contribution in [0.3, 0.4) is 0 Å². The third kappa shape index (κ3) is 4.20. The van der Waals surface area contributed by atoms with Gasteiger partial charge in [-0.05, 0) is 60.4 Å². The molecule has 0 heterocycles. The Kier molecular flexibility index (Phi) is 5.38. The Bertz CT molecular complexity index is 344. The highest BCUT2D eigenvalue weighted by atomic mass is 79.9. The lowest BCUT2D eigenvalue weighted by molar-refractivity contribution is 0.182. The lowest BCUT2D eigenvalue weighted by Gasteiger charge is -2.15. The molecule has 0 amide bonds. The van der Waals surface area contributed by atoms with Gasteiger partial charge in [0.05, 0.1) is 10.6 Å². The van der Waals surface area contributed by atoms with Gasteiger partial charge in [0, 0.05) is 6.04 Å². The summed E-state index contributed by atoms with van der Waals surface area (Å²) < 4.78 is 13.8. The van der Waals surface area contributed by atoms with E-state index < -0.39 is 0 Å². The molecule has 0 saturated carbocycles. The molecule has 1 rings (SSSR count). The third-order valence-electron chi connectivity index (χ3n) is 2.46. The van der Waals surface area contributed by atoms with E-state index in [1.54, 1.807) is 13.0 Å². The van der Waals surface area contributed by atoms with Gasteiger partial charge in [-0.25, -0.2) is 4.39 Å². The summed E-state index contributed by atoms with van der Waals surface area (Å²) in [6, 6.07) is 5.19. The first kappa shape index (κ1) is 13.6. The highest BCUT2D eigenvalue weighted by Gasteiger charge is 2.07. The fourth-order valence-electron chi connectivity index (χ4n) is 1.41. The number of benzene rings is 1. The Labute approximate surface area is 104 Å². The molecule has 1 aromatic carbocycles. The van der Waals surface area contributed by atoms with Gasteiger partial charge in [-0.3, -0.25) is 0 Å². The van der Waals surface area contributed by atoms with E-state index in [1.165, 1.54) is 6.07 Å². The first-order valence-corrected chi connectivity index (χ1v) is 6.16. The molecular formula is C12H17BrFNO. The molecule has 0 aliphatic rings. The molecule has 2 unspecified atom stereocenters. The van der Waals surface area contributed by atoms with Crippen molar-refractivity contribution >= 4 is 15.9 Å². The smallest absolute Gasteiger partial charge is 0.137 e. The van der Waals surface area contributed by atoms with Gasteiger partial charge in [0.15, 0.2) is 0 Å². The summed E-state index contributed by atoms with van der Waals surface area (Å²) in [4.78, 5) is 0. The van der Waals surface area contributed by atoms with E-state index in [4.69, 9.17) is 5.11 Å². The Morgan fingerprint density at radius 1 is 1.44 bits per heavy atom. The quantitative estimate of drug-likeness (QED) is 0.873. The minimum atomic E-state index is -0.304. The second-order valence-corrected chi connectivity index (χ2v) is 4.84. The first-order chi connectivity index (χ1) is 7.50. The monoisotopic (exact) mass is 289 g/mol. The van der Waals surface area contributed by atoms with Crippen molar-refractivity contribution in [3.8, 4) is 0 Å². The molecule has 0 saturated heterocycles. The summed E-state index contributed by atoms with van der Waals surface area (Å²) in [5.74, 6) is -0.248. The summed E-state index contributed by atoms with van der Waals surface area (Å²) in [5, 5.41) is 12.3. The van der Waals surface area contributed by atoms with Gasteiger partial charge in [0.2, 0.25) is 0 Å². The summed E-state index contributed by atoms with van der Waals surface area (Å²) in [6.45, 7) is 4.45. The molecular weight excluding hydrogens is 273 g/mol. The second kappa shape index (κ2) is 6.33. The van der Waals surface area contributed by atoms with Crippen molar-refractivity contribution in [3.05, 3.63) is 34.1 Å². The summed E-state index contributed by atoms with van der Waals surface area (Å²) in [7, 11) is 0. The van der Waals surface area contributed by atoms with E-state index in [2.05, 4.69) is 21.2 Å². The topological polar surface area (TPSA) is 32.3 Å². The zero-order chi connectivity index (χ0) is 12.1. The van der Waals surface area contributed by atoms with Crippen molar-refractivity contribution < 1.29 is 9.50 Å². The van der Waals surface area contributed by atoms with Gasteiger partial charge in [0.25, 0.3) is 0 Å². The molecule has 2 N–H and O–H groups in total. The third-order valence-corrected chi connectivity index (χ3v) is 3.10. The van der Waals surface area contributed by atoms with Crippen molar-refractivity contribution in [2.45, 2.75) is 32.4 Å². The lowest BCUT2D eigenvalue weighted by atomic mass is 10.1. The summed E-state index contributed by atoms with van der Waals surface area (Å²) >= 11 is 3.12. The van der Waals surface area contributed by atoms with Crippen LogP contribution in [0.15, 0.2) is 22.7 Å². The molecule has 0 aromatic heterocycles. The molecule has 1 aromatic rings. The van der Waals surface area contributed by atoms with Crippen LogP contribution in [0.25, 0.3) is 0 Å². The minimum absolute atomic E-state index is 0.0846. The van der Waals surface area contributed by atoms with Crippen LogP contribution in [0.1, 0.15) is 31.9 Å². The number of halogens is 2. The SMILES string of the molecule is CC(O)CCNC(C)c1ccc(Br)c(F)c1. The van der Waals surface area contributed by atoms with Crippen molar-refractivity contribution in [2.24, 2.45) is 0 Å². The predicted molar refractivity (Wildman–Crippen MR) is 66.8 cm³/mol. The van der Waals surface area contributed by atoms with Crippen LogP contribution in [0, 0.1) is 5.82 Å². The molecule has 0 aliphatic carbocycles. The van der Waals surface area contributed by atoms with E-state index in [1.807, 2.05) is 13.0 Å². The van der Waals surface area contributed by atoms with Crippen molar-refractivity contribution in [1.82, 2.24) is 5.32 Å². The molecule has 2 atom stereocenters. The van der Waals surface area contributed by atoms with E-state index >= 15 is 0 Å². The molecule has 16 heavy (non-hydrogen) atoms. The maximum Gasteiger partial charge on any atom is 0.137 e. The maximum absolute atomic E-state index is 13.3. The van der Waals surface area contributed by atoms with Crippen molar-refractivity contribution in [2.75, 3.05) is 6.54 Å². The Hall–Kier alpha value is -0.450. The predicted octanol–water partition coefficient (Wildman–Crippen LogP) is 3.01. The Morgan fingerprint density at radius 3 is 2.69 bits per heavy atom. The Morgan fingerprint density at radius 2 is 2.12 bits per heavy atom. The zero-order valence-corrected chi connectivity index (χ0v) is 11.1. The van der Waals surface area contributed by atoms with Gasteiger partial charge in [0.1, 0.15) is 5.82 Å². The molecule has 4 heteroatoms. The maximum atomic E-state index is 13.3. The molecule has 0 fully saturated rings. The Balaban J connectivity index is 2.52. The van der Waals surface area contributed by atoms with Crippen LogP contribution in [0.4, 0.5) is 4.39 Å². The normalized spacial score (nSPS) is 14.8. The molecule has 0 bridgehead atoms. The standard InChI is InChI=1S/C12H17BrFNO/c1-8(16)5-6-15-9(2)10-3-4-11(13)12(14)7-10/h3-4,7-9,15-16H,5-6H2,1-2H3. The number of rotatable bonds is 5. The van der Waals surface area contributed by atoms with E-state index in [0.717, 1.165) is 12.1 Å². The molecule has 90 valence electrons. The fourth-order valence-corrected chi connectivity index (χ4v) is 1.65. The second-order valence-electron chi connectivity index (χ2n) is 3.99. The van der Waals surface area contributed by atoms with E-state index in [9.17, 15) is 4.39 Å². The molecule has 2 nitrogen and oxygen atoms in total. The number of aliphatic hydroxyl groups excluding tert-OH is 1. The number of aliphatic hydroxyl groups is 1. The first-order valence-electron chi connectivity index (χ1n) is 5.37. The minimum Gasteiger partial charge on any atom is -0.393 e. The lowest BCUT2D eigenvalue weighted by Crippen LogP contribution is -2.22.